The number of carbonyl (C=O) groups excluding carboxylic acids is 1. The van der Waals surface area contributed by atoms with E-state index in [1.807, 2.05) is 6.26 Å². The number of nitro benzene ring substituents is 1. The SMILES string of the molecule is CSCC(=O)c1cc(C)cc([N+](=O)[O-])c1. The Balaban J connectivity index is 3.09. The molecule has 80 valence electrons. The molecule has 0 heterocycles. The summed E-state index contributed by atoms with van der Waals surface area (Å²) in [6, 6.07) is 4.45. The van der Waals surface area contributed by atoms with E-state index in [-0.39, 0.29) is 11.5 Å². The van der Waals surface area contributed by atoms with Gasteiger partial charge in [-0.25, -0.2) is 0 Å². The molecule has 0 aromatic heterocycles. The van der Waals surface area contributed by atoms with Crippen molar-refractivity contribution < 1.29 is 9.72 Å². The molecule has 0 bridgehead atoms. The van der Waals surface area contributed by atoms with E-state index >= 15 is 0 Å². The fraction of sp³-hybridized carbons (Fsp3) is 0.300. The summed E-state index contributed by atoms with van der Waals surface area (Å²) < 4.78 is 0. The molecule has 0 spiro atoms. The summed E-state index contributed by atoms with van der Waals surface area (Å²) in [6.07, 6.45) is 1.82. The van der Waals surface area contributed by atoms with Crippen molar-refractivity contribution in [3.05, 3.63) is 39.4 Å². The predicted octanol–water partition coefficient (Wildman–Crippen LogP) is 2.45. The topological polar surface area (TPSA) is 60.2 Å². The lowest BCUT2D eigenvalue weighted by atomic mass is 10.1. The largest absolute Gasteiger partial charge is 0.293 e. The summed E-state index contributed by atoms with van der Waals surface area (Å²) in [5.41, 5.74) is 1.11. The Morgan fingerprint density at radius 1 is 1.47 bits per heavy atom. The Morgan fingerprint density at radius 3 is 2.67 bits per heavy atom. The molecule has 0 saturated heterocycles. The summed E-state index contributed by atoms with van der Waals surface area (Å²) in [7, 11) is 0. The lowest BCUT2D eigenvalue weighted by molar-refractivity contribution is -0.384. The summed E-state index contributed by atoms with van der Waals surface area (Å²) in [4.78, 5) is 21.6. The van der Waals surface area contributed by atoms with Gasteiger partial charge < -0.3 is 0 Å². The standard InChI is InChI=1S/C10H11NO3S/c1-7-3-8(10(12)6-15-2)5-9(4-7)11(13)14/h3-5H,6H2,1-2H3. The van der Waals surface area contributed by atoms with E-state index in [4.69, 9.17) is 0 Å². The molecule has 1 aromatic rings. The summed E-state index contributed by atoms with van der Waals surface area (Å²) in [5, 5.41) is 10.6. The van der Waals surface area contributed by atoms with Gasteiger partial charge >= 0.3 is 0 Å². The van der Waals surface area contributed by atoms with E-state index in [2.05, 4.69) is 0 Å². The van der Waals surface area contributed by atoms with E-state index in [0.717, 1.165) is 5.56 Å². The fourth-order valence-corrected chi connectivity index (χ4v) is 1.67. The van der Waals surface area contributed by atoms with Crippen molar-refractivity contribution in [1.29, 1.82) is 0 Å². The van der Waals surface area contributed by atoms with Crippen LogP contribution >= 0.6 is 11.8 Å². The van der Waals surface area contributed by atoms with Crippen LogP contribution in [0.15, 0.2) is 18.2 Å². The molecule has 15 heavy (non-hydrogen) atoms. The Bertz CT molecular complexity index is 404. The molecule has 0 N–H and O–H groups in total. The van der Waals surface area contributed by atoms with Crippen LogP contribution in [0.5, 0.6) is 0 Å². The maximum absolute atomic E-state index is 11.5. The minimum absolute atomic E-state index is 0.0283. The summed E-state index contributed by atoms with van der Waals surface area (Å²) in [6.45, 7) is 1.74. The predicted molar refractivity (Wildman–Crippen MR) is 60.5 cm³/mol. The van der Waals surface area contributed by atoms with Gasteiger partial charge in [-0.15, -0.1) is 0 Å². The molecule has 4 nitrogen and oxygen atoms in total. The van der Waals surface area contributed by atoms with Crippen molar-refractivity contribution in [3.63, 3.8) is 0 Å². The molecule has 1 rings (SSSR count). The minimum atomic E-state index is -0.483. The number of ketones is 1. The first kappa shape index (κ1) is 11.7. The molecule has 0 fully saturated rings. The number of thioether (sulfide) groups is 1. The van der Waals surface area contributed by atoms with E-state index in [0.29, 0.717) is 11.3 Å². The molecule has 1 aromatic carbocycles. The van der Waals surface area contributed by atoms with Gasteiger partial charge in [-0.3, -0.25) is 14.9 Å². The van der Waals surface area contributed by atoms with Crippen LogP contribution in [0.1, 0.15) is 15.9 Å². The van der Waals surface area contributed by atoms with Crippen LogP contribution in [0.25, 0.3) is 0 Å². The molecule has 0 unspecified atom stereocenters. The van der Waals surface area contributed by atoms with E-state index in [1.54, 1.807) is 13.0 Å². The second kappa shape index (κ2) is 4.93. The van der Waals surface area contributed by atoms with Crippen LogP contribution in [0.3, 0.4) is 0 Å². The lowest BCUT2D eigenvalue weighted by Crippen LogP contribution is -2.03. The highest BCUT2D eigenvalue weighted by Gasteiger charge is 2.12. The lowest BCUT2D eigenvalue weighted by Gasteiger charge is -2.01. The number of hydrogen-bond donors (Lipinski definition) is 0. The maximum atomic E-state index is 11.5. The van der Waals surface area contributed by atoms with Crippen LogP contribution in [0.2, 0.25) is 0 Å². The van der Waals surface area contributed by atoms with Gasteiger partial charge in [-0.05, 0) is 24.8 Å². The Morgan fingerprint density at radius 2 is 2.13 bits per heavy atom. The zero-order chi connectivity index (χ0) is 11.4. The highest BCUT2D eigenvalue weighted by Crippen LogP contribution is 2.17. The molecule has 0 radical (unpaired) electrons. The zero-order valence-electron chi connectivity index (χ0n) is 8.52. The van der Waals surface area contributed by atoms with Gasteiger partial charge in [0.2, 0.25) is 0 Å². The fourth-order valence-electron chi connectivity index (χ4n) is 1.24. The molecule has 5 heteroatoms. The molecule has 0 saturated carbocycles. The Hall–Kier alpha value is -1.36. The summed E-state index contributed by atoms with van der Waals surface area (Å²) in [5.74, 6) is 0.273. The van der Waals surface area contributed by atoms with Crippen LogP contribution in [0, 0.1) is 17.0 Å². The summed E-state index contributed by atoms with van der Waals surface area (Å²) >= 11 is 1.41. The van der Waals surface area contributed by atoms with Crippen molar-refractivity contribution in [2.24, 2.45) is 0 Å². The molecule has 0 atom stereocenters. The van der Waals surface area contributed by atoms with Crippen LogP contribution in [-0.4, -0.2) is 22.7 Å². The van der Waals surface area contributed by atoms with Crippen molar-refractivity contribution in [1.82, 2.24) is 0 Å². The third kappa shape index (κ3) is 3.06. The number of nitro groups is 1. The number of carbonyl (C=O) groups is 1. The van der Waals surface area contributed by atoms with Crippen LogP contribution < -0.4 is 0 Å². The Labute approximate surface area is 91.8 Å². The second-order valence-corrected chi connectivity index (χ2v) is 4.04. The van der Waals surface area contributed by atoms with Gasteiger partial charge in [-0.1, -0.05) is 0 Å². The van der Waals surface area contributed by atoms with Crippen molar-refractivity contribution in [2.75, 3.05) is 12.0 Å². The van der Waals surface area contributed by atoms with Crippen LogP contribution in [-0.2, 0) is 0 Å². The van der Waals surface area contributed by atoms with Gasteiger partial charge in [-0.2, -0.15) is 11.8 Å². The van der Waals surface area contributed by atoms with E-state index in [9.17, 15) is 14.9 Å². The van der Waals surface area contributed by atoms with E-state index in [1.165, 1.54) is 23.9 Å². The molecular weight excluding hydrogens is 214 g/mol. The first-order valence-electron chi connectivity index (χ1n) is 4.33. The van der Waals surface area contributed by atoms with Gasteiger partial charge in [0, 0.05) is 17.7 Å². The van der Waals surface area contributed by atoms with Gasteiger partial charge in [0.1, 0.15) is 0 Å². The zero-order valence-corrected chi connectivity index (χ0v) is 9.34. The number of Topliss-reactive ketones (excluding diaryl/α,β-unsaturated/α-hetero) is 1. The number of non-ortho nitro benzene ring substituents is 1. The average Bonchev–Trinajstić information content (AvgIpc) is 2.17. The molecule has 0 aliphatic rings. The average molecular weight is 225 g/mol. The number of aryl methyl sites for hydroxylation is 1. The quantitative estimate of drug-likeness (QED) is 0.448. The normalized spacial score (nSPS) is 10.0. The minimum Gasteiger partial charge on any atom is -0.293 e. The van der Waals surface area contributed by atoms with Gasteiger partial charge in [0.15, 0.2) is 5.78 Å². The number of benzene rings is 1. The van der Waals surface area contributed by atoms with E-state index < -0.39 is 4.92 Å². The van der Waals surface area contributed by atoms with Gasteiger partial charge in [0.05, 0.1) is 10.7 Å². The molecular formula is C10H11NO3S. The van der Waals surface area contributed by atoms with Crippen molar-refractivity contribution in [3.8, 4) is 0 Å². The smallest absolute Gasteiger partial charge is 0.270 e. The Kier molecular flexibility index (Phi) is 3.85. The third-order valence-corrected chi connectivity index (χ3v) is 2.42. The monoisotopic (exact) mass is 225 g/mol. The number of rotatable bonds is 4. The first-order valence-corrected chi connectivity index (χ1v) is 5.72. The number of nitrogens with zero attached hydrogens (tertiary/aromatic N) is 1. The second-order valence-electron chi connectivity index (χ2n) is 3.17. The molecule has 0 aliphatic carbocycles. The molecule has 0 amide bonds. The third-order valence-electron chi connectivity index (χ3n) is 1.87. The highest BCUT2D eigenvalue weighted by molar-refractivity contribution is 7.99. The van der Waals surface area contributed by atoms with Crippen LogP contribution in [0.4, 0.5) is 5.69 Å². The van der Waals surface area contributed by atoms with Gasteiger partial charge in [0.25, 0.3) is 5.69 Å². The molecule has 0 aliphatic heterocycles. The van der Waals surface area contributed by atoms with Crippen molar-refractivity contribution in [2.45, 2.75) is 6.92 Å². The maximum Gasteiger partial charge on any atom is 0.270 e. The highest BCUT2D eigenvalue weighted by atomic mass is 32.2. The van der Waals surface area contributed by atoms with Crippen molar-refractivity contribution >= 4 is 23.2 Å². The first-order chi connectivity index (χ1) is 7.04. The number of hydrogen-bond acceptors (Lipinski definition) is 4.